The van der Waals surface area contributed by atoms with E-state index in [1.54, 1.807) is 4.57 Å². The largest absolute Gasteiger partial charge is 0.478 e. The van der Waals surface area contributed by atoms with Crippen molar-refractivity contribution in [2.45, 2.75) is 47.1 Å². The molecule has 0 fully saturated rings. The van der Waals surface area contributed by atoms with Crippen molar-refractivity contribution in [2.75, 3.05) is 0 Å². The van der Waals surface area contributed by atoms with Crippen LogP contribution in [0.1, 0.15) is 45.0 Å². The molecule has 1 heterocycles. The third-order valence-electron chi connectivity index (χ3n) is 3.38. The van der Waals surface area contributed by atoms with E-state index in [9.17, 15) is 4.79 Å². The van der Waals surface area contributed by atoms with Gasteiger partial charge in [0.1, 0.15) is 0 Å². The summed E-state index contributed by atoms with van der Waals surface area (Å²) in [6.45, 7) is 9.54. The molecule has 1 N–H and O–H groups in total. The van der Waals surface area contributed by atoms with Crippen LogP contribution in [0, 0.1) is 10.8 Å². The zero-order valence-corrected chi connectivity index (χ0v) is 13.9. The highest BCUT2D eigenvalue weighted by molar-refractivity contribution is 5.97. The van der Waals surface area contributed by atoms with Crippen LogP contribution in [0.15, 0.2) is 30.5 Å². The Morgan fingerprint density at radius 1 is 1.27 bits per heavy atom. The van der Waals surface area contributed by atoms with Gasteiger partial charge in [-0.15, -0.1) is 0 Å². The molecule has 4 heteroatoms. The van der Waals surface area contributed by atoms with Gasteiger partial charge in [-0.3, -0.25) is 14.8 Å². The summed E-state index contributed by atoms with van der Waals surface area (Å²) >= 11 is 0. The summed E-state index contributed by atoms with van der Waals surface area (Å²) in [5, 5.41) is 8.95. The highest BCUT2D eigenvalue weighted by Gasteiger charge is 2.25. The molecule has 22 heavy (non-hydrogen) atoms. The van der Waals surface area contributed by atoms with Gasteiger partial charge in [-0.05, 0) is 25.5 Å². The molecule has 2 rings (SSSR count). The molecule has 2 aromatic rings. The second-order valence-corrected chi connectivity index (χ2v) is 6.86. The number of nitrogens with zero attached hydrogens (tertiary/aromatic N) is 1. The molecule has 0 unspecified atom stereocenters. The summed E-state index contributed by atoms with van der Waals surface area (Å²) in [5.41, 5.74) is 1.37. The number of carbonyl (C=O) groups excluding carboxylic acids is 1. The van der Waals surface area contributed by atoms with Gasteiger partial charge in [0.25, 0.3) is 0 Å². The molecule has 0 aliphatic rings. The predicted octanol–water partition coefficient (Wildman–Crippen LogP) is 4.27. The summed E-state index contributed by atoms with van der Waals surface area (Å²) in [7, 11) is 0. The lowest BCUT2D eigenvalue weighted by Gasteiger charge is -2.17. The highest BCUT2D eigenvalue weighted by Crippen LogP contribution is 2.26. The smallest absolute Gasteiger partial charge is 0.236 e. The molecule has 1 aromatic carbocycles. The zero-order chi connectivity index (χ0) is 16.5. The number of aromatic nitrogens is 1. The molecule has 0 aliphatic heterocycles. The Bertz CT molecular complexity index is 705. The average Bonchev–Trinajstić information content (AvgIpc) is 2.75. The summed E-state index contributed by atoms with van der Waals surface area (Å²) in [6.07, 6.45) is 2.22. The van der Waals surface area contributed by atoms with Crippen molar-refractivity contribution in [3.05, 3.63) is 36.0 Å². The molecule has 0 spiro atoms. The van der Waals surface area contributed by atoms with Gasteiger partial charge in [0.15, 0.2) is 5.90 Å². The number of rotatable bonds is 3. The Labute approximate surface area is 131 Å². The fraction of sp³-hybridized carbons (Fsp3) is 0.444. The molecular formula is C18H24N2O2. The molecule has 118 valence electrons. The number of carbonyl (C=O) groups is 1. The lowest BCUT2D eigenvalue weighted by atomic mass is 9.95. The number of nitrogens with one attached hydrogen (secondary N) is 1. The second-order valence-electron chi connectivity index (χ2n) is 6.86. The summed E-state index contributed by atoms with van der Waals surface area (Å²) in [6, 6.07) is 7.80. The average molecular weight is 300 g/mol. The molecule has 1 aromatic heterocycles. The van der Waals surface area contributed by atoms with Crippen LogP contribution in [0.4, 0.5) is 0 Å². The number of fused-ring (bicyclic) bond motifs is 1. The predicted molar refractivity (Wildman–Crippen MR) is 89.7 cm³/mol. The van der Waals surface area contributed by atoms with Gasteiger partial charge in [0, 0.05) is 17.0 Å². The first-order valence-corrected chi connectivity index (χ1v) is 7.58. The Morgan fingerprint density at radius 2 is 1.91 bits per heavy atom. The fourth-order valence-corrected chi connectivity index (χ4v) is 2.42. The SMILES string of the molecule is CC(C)OC(=N)Cc1cn(C(=O)C(C)(C)C)c2ccccc12. The van der Waals surface area contributed by atoms with Crippen molar-refractivity contribution in [1.82, 2.24) is 4.57 Å². The van der Waals surface area contributed by atoms with Crippen molar-refractivity contribution in [3.63, 3.8) is 0 Å². The van der Waals surface area contributed by atoms with Crippen molar-refractivity contribution in [2.24, 2.45) is 5.41 Å². The number of hydrogen-bond acceptors (Lipinski definition) is 3. The molecule has 0 amide bonds. The Hall–Kier alpha value is -2.10. The first kappa shape index (κ1) is 16.3. The highest BCUT2D eigenvalue weighted by atomic mass is 16.5. The van der Waals surface area contributed by atoms with E-state index in [-0.39, 0.29) is 17.9 Å². The maximum absolute atomic E-state index is 12.6. The van der Waals surface area contributed by atoms with E-state index in [1.165, 1.54) is 0 Å². The Balaban J connectivity index is 2.44. The molecule has 0 saturated heterocycles. The molecule has 0 saturated carbocycles. The Kier molecular flexibility index (Phi) is 4.40. The van der Waals surface area contributed by atoms with Gasteiger partial charge in [-0.2, -0.15) is 0 Å². The molecule has 0 bridgehead atoms. The van der Waals surface area contributed by atoms with Crippen molar-refractivity contribution >= 4 is 22.7 Å². The van der Waals surface area contributed by atoms with Crippen LogP contribution in [0.25, 0.3) is 10.9 Å². The minimum absolute atomic E-state index is 0.0166. The van der Waals surface area contributed by atoms with E-state index >= 15 is 0 Å². The van der Waals surface area contributed by atoms with Gasteiger partial charge >= 0.3 is 0 Å². The first-order valence-electron chi connectivity index (χ1n) is 7.58. The van der Waals surface area contributed by atoms with Gasteiger partial charge in [-0.25, -0.2) is 0 Å². The normalized spacial score (nSPS) is 11.9. The second kappa shape index (κ2) is 5.95. The van der Waals surface area contributed by atoms with Crippen LogP contribution in [-0.4, -0.2) is 22.5 Å². The van der Waals surface area contributed by atoms with Crippen LogP contribution in [-0.2, 0) is 11.2 Å². The van der Waals surface area contributed by atoms with Crippen LogP contribution < -0.4 is 0 Å². The first-order chi connectivity index (χ1) is 10.2. The van der Waals surface area contributed by atoms with E-state index in [0.29, 0.717) is 6.42 Å². The molecular weight excluding hydrogens is 276 g/mol. The van der Waals surface area contributed by atoms with Crippen LogP contribution in [0.3, 0.4) is 0 Å². The topological polar surface area (TPSA) is 55.1 Å². The quantitative estimate of drug-likeness (QED) is 0.679. The minimum atomic E-state index is -0.457. The lowest BCUT2D eigenvalue weighted by molar-refractivity contribution is 0.0772. The third-order valence-corrected chi connectivity index (χ3v) is 3.38. The van der Waals surface area contributed by atoms with E-state index in [1.807, 2.05) is 65.1 Å². The van der Waals surface area contributed by atoms with Gasteiger partial charge in [0.2, 0.25) is 5.91 Å². The summed E-state index contributed by atoms with van der Waals surface area (Å²) in [4.78, 5) is 12.6. The third kappa shape index (κ3) is 3.38. The molecule has 0 radical (unpaired) electrons. The van der Waals surface area contributed by atoms with E-state index in [2.05, 4.69) is 0 Å². The van der Waals surface area contributed by atoms with Crippen LogP contribution in [0.5, 0.6) is 0 Å². The molecule has 0 atom stereocenters. The Morgan fingerprint density at radius 3 is 2.50 bits per heavy atom. The minimum Gasteiger partial charge on any atom is -0.478 e. The van der Waals surface area contributed by atoms with Crippen LogP contribution in [0.2, 0.25) is 0 Å². The van der Waals surface area contributed by atoms with E-state index < -0.39 is 5.41 Å². The van der Waals surface area contributed by atoms with Gasteiger partial charge in [-0.1, -0.05) is 39.0 Å². The van der Waals surface area contributed by atoms with Crippen molar-refractivity contribution in [3.8, 4) is 0 Å². The zero-order valence-electron chi connectivity index (χ0n) is 13.9. The monoisotopic (exact) mass is 300 g/mol. The number of benzene rings is 1. The van der Waals surface area contributed by atoms with Gasteiger partial charge < -0.3 is 4.74 Å². The standard InChI is InChI=1S/C18H24N2O2/c1-12(2)22-16(19)10-13-11-20(17(21)18(3,4)5)15-9-7-6-8-14(13)15/h6-9,11-12,19H,10H2,1-5H3. The van der Waals surface area contributed by atoms with Gasteiger partial charge in [0.05, 0.1) is 18.0 Å². The van der Waals surface area contributed by atoms with Crippen molar-refractivity contribution in [1.29, 1.82) is 5.41 Å². The summed E-state index contributed by atoms with van der Waals surface area (Å²) < 4.78 is 7.13. The lowest BCUT2D eigenvalue weighted by Crippen LogP contribution is -2.26. The summed E-state index contributed by atoms with van der Waals surface area (Å²) in [5.74, 6) is 0.271. The van der Waals surface area contributed by atoms with E-state index in [4.69, 9.17) is 10.1 Å². The number of hydrogen-bond donors (Lipinski definition) is 1. The van der Waals surface area contributed by atoms with Crippen molar-refractivity contribution < 1.29 is 9.53 Å². The van der Waals surface area contributed by atoms with Crippen LogP contribution >= 0.6 is 0 Å². The maximum Gasteiger partial charge on any atom is 0.236 e. The number of para-hydroxylation sites is 1. The molecule has 4 nitrogen and oxygen atoms in total. The van der Waals surface area contributed by atoms with E-state index in [0.717, 1.165) is 16.5 Å². The number of ether oxygens (including phenoxy) is 1. The fourth-order valence-electron chi connectivity index (χ4n) is 2.42. The maximum atomic E-state index is 12.6. The molecule has 0 aliphatic carbocycles.